The molecule has 9 heteroatoms. The molecule has 37 heavy (non-hydrogen) atoms. The fourth-order valence-electron chi connectivity index (χ4n) is 4.86. The topological polar surface area (TPSA) is 66.0 Å². The first-order valence-electron chi connectivity index (χ1n) is 12.6. The number of hydrogen-bond acceptors (Lipinski definition) is 5. The van der Waals surface area contributed by atoms with E-state index in [2.05, 4.69) is 5.32 Å². The van der Waals surface area contributed by atoms with Crippen LogP contribution in [0.3, 0.4) is 0 Å². The van der Waals surface area contributed by atoms with Crippen molar-refractivity contribution in [1.82, 2.24) is 5.32 Å². The van der Waals surface area contributed by atoms with Gasteiger partial charge in [0.25, 0.3) is 5.91 Å². The summed E-state index contributed by atoms with van der Waals surface area (Å²) in [6.07, 6.45) is -1.79. The van der Waals surface area contributed by atoms with Gasteiger partial charge in [-0.05, 0) is 38.0 Å². The molecule has 1 aliphatic heterocycles. The van der Waals surface area contributed by atoms with Gasteiger partial charge < -0.3 is 24.3 Å². The Morgan fingerprint density at radius 3 is 2.35 bits per heavy atom. The van der Waals surface area contributed by atoms with Gasteiger partial charge in [0, 0.05) is 30.5 Å². The summed E-state index contributed by atoms with van der Waals surface area (Å²) in [6.45, 7) is 7.32. The molecule has 1 amide bonds. The predicted octanol–water partition coefficient (Wildman–Crippen LogP) is 5.03. The second kappa shape index (κ2) is 11.1. The van der Waals surface area contributed by atoms with Crippen LogP contribution in [0.2, 0.25) is 0 Å². The van der Waals surface area contributed by atoms with Crippen LogP contribution >= 0.6 is 0 Å². The average Bonchev–Trinajstić information content (AvgIpc) is 3.15. The van der Waals surface area contributed by atoms with Gasteiger partial charge in [-0.1, -0.05) is 38.1 Å². The van der Waals surface area contributed by atoms with Gasteiger partial charge in [-0.15, -0.1) is 0 Å². The maximum atomic E-state index is 14.4. The second-order valence-corrected chi connectivity index (χ2v) is 10.6. The third-order valence-corrected chi connectivity index (χ3v) is 6.70. The molecule has 1 heterocycles. The highest BCUT2D eigenvalue weighted by molar-refractivity contribution is 5.85. The zero-order valence-electron chi connectivity index (χ0n) is 21.6. The molecule has 1 saturated carbocycles. The fourth-order valence-corrected chi connectivity index (χ4v) is 4.86. The molecular weight excluding hydrogens is 487 g/mol. The molecule has 0 radical (unpaired) electrons. The van der Waals surface area contributed by atoms with E-state index >= 15 is 0 Å². The number of ether oxygens (including phenoxy) is 4. The van der Waals surface area contributed by atoms with Crippen LogP contribution in [0.25, 0.3) is 0 Å². The number of benzene rings is 2. The lowest BCUT2D eigenvalue weighted by Crippen LogP contribution is -2.60. The van der Waals surface area contributed by atoms with Gasteiger partial charge in [0.05, 0.1) is 25.4 Å². The van der Waals surface area contributed by atoms with Crippen molar-refractivity contribution >= 4 is 5.91 Å². The van der Waals surface area contributed by atoms with E-state index in [1.165, 1.54) is 12.1 Å². The minimum Gasteiger partial charge on any atom is -0.370 e. The van der Waals surface area contributed by atoms with Crippen molar-refractivity contribution < 1.29 is 36.9 Å². The molecule has 2 aromatic carbocycles. The van der Waals surface area contributed by atoms with Gasteiger partial charge in [0.2, 0.25) is 0 Å². The van der Waals surface area contributed by atoms with Crippen molar-refractivity contribution in [3.05, 3.63) is 71.0 Å². The maximum Gasteiger partial charge on any atom is 0.252 e. The molecule has 6 nitrogen and oxygen atoms in total. The molecule has 2 fully saturated rings. The summed E-state index contributed by atoms with van der Waals surface area (Å²) in [5.41, 5.74) is -1.36. The number of fused-ring (bicyclic) bond motifs is 1. The van der Waals surface area contributed by atoms with Crippen LogP contribution in [-0.2, 0) is 37.0 Å². The van der Waals surface area contributed by atoms with Crippen molar-refractivity contribution in [3.63, 3.8) is 0 Å². The number of rotatable bonds is 9. The molecule has 1 unspecified atom stereocenters. The van der Waals surface area contributed by atoms with Crippen LogP contribution in [0.5, 0.6) is 0 Å². The number of hydrogen-bond donors (Lipinski definition) is 1. The van der Waals surface area contributed by atoms with Gasteiger partial charge in [0.1, 0.15) is 23.6 Å². The Hall–Kier alpha value is -2.46. The molecule has 4 rings (SSSR count). The minimum atomic E-state index is -1.44. The van der Waals surface area contributed by atoms with E-state index in [1.807, 2.05) is 13.8 Å². The molecule has 2 aromatic rings. The first-order valence-corrected chi connectivity index (χ1v) is 12.6. The number of nitrogens with one attached hydrogen (secondary N) is 1. The van der Waals surface area contributed by atoms with E-state index in [4.69, 9.17) is 18.9 Å². The predicted molar refractivity (Wildman–Crippen MR) is 130 cm³/mol. The van der Waals surface area contributed by atoms with Crippen LogP contribution in [0.1, 0.15) is 51.7 Å². The SMILES string of the molecule is CC(C)CNC(=O)[C@@]1(OCc2ccccc2F)CC(OCc2c(F)cccc2F)[C@@H]2OC(C)(C)O[C@@H]2C1. The van der Waals surface area contributed by atoms with E-state index in [-0.39, 0.29) is 43.4 Å². The van der Waals surface area contributed by atoms with E-state index in [9.17, 15) is 18.0 Å². The zero-order chi connectivity index (χ0) is 26.8. The van der Waals surface area contributed by atoms with Crippen LogP contribution in [0.15, 0.2) is 42.5 Å². The second-order valence-electron chi connectivity index (χ2n) is 10.6. The number of carbonyl (C=O) groups excluding carboxylic acids is 1. The zero-order valence-corrected chi connectivity index (χ0v) is 21.6. The molecule has 2 aliphatic rings. The molecule has 1 saturated heterocycles. The summed E-state index contributed by atoms with van der Waals surface area (Å²) in [5.74, 6) is -3.06. The first kappa shape index (κ1) is 27.6. The highest BCUT2D eigenvalue weighted by atomic mass is 19.1. The van der Waals surface area contributed by atoms with Gasteiger partial charge in [-0.25, -0.2) is 13.2 Å². The molecule has 202 valence electrons. The largest absolute Gasteiger partial charge is 0.370 e. The quantitative estimate of drug-likeness (QED) is 0.502. The Bertz CT molecular complexity index is 1090. The molecule has 0 bridgehead atoms. The van der Waals surface area contributed by atoms with E-state index in [1.54, 1.807) is 32.0 Å². The number of carbonyl (C=O) groups is 1. The average molecular weight is 522 g/mol. The number of halogens is 3. The minimum absolute atomic E-state index is 0.0298. The molecule has 0 spiro atoms. The van der Waals surface area contributed by atoms with Crippen molar-refractivity contribution in [3.8, 4) is 0 Å². The summed E-state index contributed by atoms with van der Waals surface area (Å²) in [7, 11) is 0. The maximum absolute atomic E-state index is 14.4. The van der Waals surface area contributed by atoms with Crippen LogP contribution in [-0.4, -0.2) is 42.2 Å². The molecule has 1 aliphatic carbocycles. The van der Waals surface area contributed by atoms with E-state index < -0.39 is 47.2 Å². The Labute approximate surface area is 215 Å². The Morgan fingerprint density at radius 1 is 1.00 bits per heavy atom. The molecule has 0 aromatic heterocycles. The van der Waals surface area contributed by atoms with Crippen molar-refractivity contribution in [2.24, 2.45) is 5.92 Å². The first-order chi connectivity index (χ1) is 17.5. The molecule has 4 atom stereocenters. The van der Waals surface area contributed by atoms with E-state index in [0.717, 1.165) is 12.1 Å². The summed E-state index contributed by atoms with van der Waals surface area (Å²) in [4.78, 5) is 13.6. The summed E-state index contributed by atoms with van der Waals surface area (Å²) < 4.78 is 67.4. The fraction of sp³-hybridized carbons (Fsp3) is 0.536. The van der Waals surface area contributed by atoms with Gasteiger partial charge in [-0.2, -0.15) is 0 Å². The molecule has 1 N–H and O–H groups in total. The Morgan fingerprint density at radius 2 is 1.68 bits per heavy atom. The van der Waals surface area contributed by atoms with Crippen LogP contribution in [0, 0.1) is 23.4 Å². The summed E-state index contributed by atoms with van der Waals surface area (Å²) in [5, 5.41) is 2.93. The highest BCUT2D eigenvalue weighted by Crippen LogP contribution is 2.44. The van der Waals surface area contributed by atoms with Crippen LogP contribution < -0.4 is 5.32 Å². The normalized spacial score (nSPS) is 26.8. The lowest BCUT2D eigenvalue weighted by molar-refractivity contribution is -0.184. The lowest BCUT2D eigenvalue weighted by Gasteiger charge is -2.43. The van der Waals surface area contributed by atoms with Gasteiger partial charge >= 0.3 is 0 Å². The third-order valence-electron chi connectivity index (χ3n) is 6.70. The highest BCUT2D eigenvalue weighted by Gasteiger charge is 2.58. The third kappa shape index (κ3) is 6.34. The Balaban J connectivity index is 1.63. The summed E-state index contributed by atoms with van der Waals surface area (Å²) >= 11 is 0. The molecular formula is C28H34F3NO5. The van der Waals surface area contributed by atoms with Crippen molar-refractivity contribution in [2.75, 3.05) is 6.54 Å². The number of amides is 1. The smallest absolute Gasteiger partial charge is 0.252 e. The lowest BCUT2D eigenvalue weighted by atomic mass is 9.78. The van der Waals surface area contributed by atoms with E-state index in [0.29, 0.717) is 12.1 Å². The van der Waals surface area contributed by atoms with Crippen LogP contribution in [0.4, 0.5) is 13.2 Å². The monoisotopic (exact) mass is 521 g/mol. The van der Waals surface area contributed by atoms with Crippen molar-refractivity contribution in [2.45, 2.75) is 83.5 Å². The summed E-state index contributed by atoms with van der Waals surface area (Å²) in [6, 6.07) is 9.78. The Kier molecular flexibility index (Phi) is 8.28. The van der Waals surface area contributed by atoms with Gasteiger partial charge in [0.15, 0.2) is 11.4 Å². The van der Waals surface area contributed by atoms with Crippen molar-refractivity contribution in [1.29, 1.82) is 0 Å². The van der Waals surface area contributed by atoms with Gasteiger partial charge in [-0.3, -0.25) is 4.79 Å². The standard InChI is InChI=1S/C28H34F3NO5/c1-17(2)14-32-26(33)28(35-15-18-8-5-6-9-20(18)29)12-23(25-24(13-28)36-27(3,4)37-25)34-16-19-21(30)10-7-11-22(19)31/h5-11,17,23-25H,12-16H2,1-4H3,(H,32,33)/t23?,24-,25+,28-/m1/s1.